The molecule has 0 saturated carbocycles. The summed E-state index contributed by atoms with van der Waals surface area (Å²) in [7, 11) is 0. The normalized spacial score (nSPS) is 15.5. The highest BCUT2D eigenvalue weighted by atomic mass is 35.5. The van der Waals surface area contributed by atoms with Crippen LogP contribution in [0, 0.1) is 19.8 Å². The number of aryl methyl sites for hydroxylation is 1. The molecule has 0 bridgehead atoms. The van der Waals surface area contributed by atoms with Crippen molar-refractivity contribution in [2.24, 2.45) is 5.92 Å². The van der Waals surface area contributed by atoms with E-state index in [9.17, 15) is 4.79 Å². The van der Waals surface area contributed by atoms with Crippen molar-refractivity contribution in [3.8, 4) is 0 Å². The smallest absolute Gasteiger partial charge is 0.319 e. The van der Waals surface area contributed by atoms with E-state index in [4.69, 9.17) is 11.6 Å². The topological polar surface area (TPSA) is 44.4 Å². The molecule has 2 N–H and O–H groups in total. The quantitative estimate of drug-likeness (QED) is 0.761. The highest BCUT2D eigenvalue weighted by molar-refractivity contribution is 6.31. The fourth-order valence-corrected chi connectivity index (χ4v) is 3.62. The van der Waals surface area contributed by atoms with Gasteiger partial charge in [-0.05, 0) is 69.0 Å². The minimum absolute atomic E-state index is 0.164. The molecular weight excluding hydrogens is 358 g/mol. The molecule has 2 amide bonds. The highest BCUT2D eigenvalue weighted by Crippen LogP contribution is 2.23. The zero-order chi connectivity index (χ0) is 19.2. The summed E-state index contributed by atoms with van der Waals surface area (Å²) in [5, 5.41) is 6.56. The van der Waals surface area contributed by atoms with Crippen LogP contribution in [0.25, 0.3) is 0 Å². The predicted molar refractivity (Wildman–Crippen MR) is 112 cm³/mol. The Bertz CT molecular complexity index is 768. The van der Waals surface area contributed by atoms with Crippen LogP contribution >= 0.6 is 11.6 Å². The third kappa shape index (κ3) is 5.72. The number of anilines is 1. The van der Waals surface area contributed by atoms with Crippen molar-refractivity contribution in [3.63, 3.8) is 0 Å². The largest absolute Gasteiger partial charge is 0.338 e. The summed E-state index contributed by atoms with van der Waals surface area (Å²) in [6.07, 6.45) is 2.23. The van der Waals surface area contributed by atoms with Gasteiger partial charge in [-0.2, -0.15) is 0 Å². The lowest BCUT2D eigenvalue weighted by molar-refractivity contribution is 0.175. The Morgan fingerprint density at radius 1 is 1.11 bits per heavy atom. The molecule has 0 radical (unpaired) electrons. The van der Waals surface area contributed by atoms with Crippen molar-refractivity contribution in [3.05, 3.63) is 64.2 Å². The lowest BCUT2D eigenvalue weighted by atomic mass is 9.96. The van der Waals surface area contributed by atoms with Gasteiger partial charge in [-0.1, -0.05) is 47.5 Å². The van der Waals surface area contributed by atoms with E-state index in [0.29, 0.717) is 17.5 Å². The van der Waals surface area contributed by atoms with Gasteiger partial charge >= 0.3 is 6.03 Å². The van der Waals surface area contributed by atoms with E-state index >= 15 is 0 Å². The Labute approximate surface area is 166 Å². The molecule has 0 spiro atoms. The van der Waals surface area contributed by atoms with Gasteiger partial charge in [0, 0.05) is 23.8 Å². The Kier molecular flexibility index (Phi) is 6.75. The molecule has 2 aromatic rings. The maximum Gasteiger partial charge on any atom is 0.319 e. The van der Waals surface area contributed by atoms with Gasteiger partial charge in [-0.25, -0.2) is 4.79 Å². The van der Waals surface area contributed by atoms with Gasteiger partial charge in [-0.3, -0.25) is 4.90 Å². The zero-order valence-corrected chi connectivity index (χ0v) is 16.9. The van der Waals surface area contributed by atoms with Crippen LogP contribution in [0.2, 0.25) is 5.02 Å². The van der Waals surface area contributed by atoms with E-state index < -0.39 is 0 Å². The van der Waals surface area contributed by atoms with E-state index in [2.05, 4.69) is 46.7 Å². The molecule has 0 aromatic heterocycles. The van der Waals surface area contributed by atoms with Crippen LogP contribution in [0.4, 0.5) is 10.5 Å². The van der Waals surface area contributed by atoms with Crippen molar-refractivity contribution in [2.75, 3.05) is 25.0 Å². The number of urea groups is 1. The fourth-order valence-electron chi connectivity index (χ4n) is 3.45. The van der Waals surface area contributed by atoms with E-state index in [1.54, 1.807) is 0 Å². The number of nitrogens with one attached hydrogen (secondary N) is 2. The summed E-state index contributed by atoms with van der Waals surface area (Å²) in [6, 6.07) is 14.1. The summed E-state index contributed by atoms with van der Waals surface area (Å²) in [5.41, 5.74) is 4.31. The number of likely N-dealkylation sites (tertiary alicyclic amines) is 1. The zero-order valence-electron chi connectivity index (χ0n) is 16.1. The van der Waals surface area contributed by atoms with Gasteiger partial charge < -0.3 is 10.6 Å². The molecule has 1 aliphatic heterocycles. The molecule has 1 saturated heterocycles. The minimum atomic E-state index is -0.164. The first-order valence-corrected chi connectivity index (χ1v) is 9.97. The summed E-state index contributed by atoms with van der Waals surface area (Å²) in [4.78, 5) is 14.7. The predicted octanol–water partition coefficient (Wildman–Crippen LogP) is 4.99. The average Bonchev–Trinajstić information content (AvgIpc) is 2.67. The van der Waals surface area contributed by atoms with E-state index in [1.165, 1.54) is 11.1 Å². The summed E-state index contributed by atoms with van der Waals surface area (Å²) in [5.74, 6) is 0.533. The molecular formula is C22H28ClN3O. The standard InChI is InChI=1S/C22H28ClN3O/c1-16-6-8-19(9-7-16)15-26-12-10-18(11-13-26)14-24-22(27)25-21-5-3-4-20(23)17(21)2/h3-9,18H,10-15H2,1-2H3,(H2,24,25,27). The summed E-state index contributed by atoms with van der Waals surface area (Å²) < 4.78 is 0. The molecule has 3 rings (SSSR count). The van der Waals surface area contributed by atoms with Crippen molar-refractivity contribution >= 4 is 23.3 Å². The Morgan fingerprint density at radius 3 is 2.52 bits per heavy atom. The van der Waals surface area contributed by atoms with Gasteiger partial charge in [0.15, 0.2) is 0 Å². The van der Waals surface area contributed by atoms with Crippen LogP contribution in [-0.4, -0.2) is 30.6 Å². The molecule has 2 aromatic carbocycles. The van der Waals surface area contributed by atoms with Gasteiger partial charge in [0.05, 0.1) is 0 Å². The first-order chi connectivity index (χ1) is 13.0. The Morgan fingerprint density at radius 2 is 1.81 bits per heavy atom. The second-order valence-corrected chi connectivity index (χ2v) is 7.86. The molecule has 1 fully saturated rings. The minimum Gasteiger partial charge on any atom is -0.338 e. The fraction of sp³-hybridized carbons (Fsp3) is 0.409. The molecule has 0 aliphatic carbocycles. The third-order valence-corrected chi connectivity index (χ3v) is 5.71. The third-order valence-electron chi connectivity index (χ3n) is 5.30. The number of carbonyl (C=O) groups is 1. The van der Waals surface area contributed by atoms with Gasteiger partial charge in [0.25, 0.3) is 0 Å². The second-order valence-electron chi connectivity index (χ2n) is 7.45. The monoisotopic (exact) mass is 385 g/mol. The second kappa shape index (κ2) is 9.25. The maximum atomic E-state index is 12.2. The Balaban J connectivity index is 1.39. The number of hydrogen-bond donors (Lipinski definition) is 2. The maximum absolute atomic E-state index is 12.2. The van der Waals surface area contributed by atoms with Crippen molar-refractivity contribution in [1.29, 1.82) is 0 Å². The van der Waals surface area contributed by atoms with Crippen LogP contribution < -0.4 is 10.6 Å². The number of nitrogens with zero attached hydrogens (tertiary/aromatic N) is 1. The van der Waals surface area contributed by atoms with E-state index in [1.807, 2.05) is 25.1 Å². The number of carbonyl (C=O) groups excluding carboxylic acids is 1. The van der Waals surface area contributed by atoms with Crippen LogP contribution in [-0.2, 0) is 6.54 Å². The van der Waals surface area contributed by atoms with Crippen molar-refractivity contribution in [1.82, 2.24) is 10.2 Å². The lowest BCUT2D eigenvalue weighted by Gasteiger charge is -2.32. The van der Waals surface area contributed by atoms with Gasteiger partial charge in [0.2, 0.25) is 0 Å². The van der Waals surface area contributed by atoms with Crippen LogP contribution in [0.15, 0.2) is 42.5 Å². The van der Waals surface area contributed by atoms with Gasteiger partial charge in [0.1, 0.15) is 0 Å². The number of hydrogen-bond acceptors (Lipinski definition) is 2. The van der Waals surface area contributed by atoms with E-state index in [0.717, 1.165) is 43.7 Å². The first-order valence-electron chi connectivity index (χ1n) is 9.59. The highest BCUT2D eigenvalue weighted by Gasteiger charge is 2.20. The molecule has 27 heavy (non-hydrogen) atoms. The molecule has 0 atom stereocenters. The molecule has 5 heteroatoms. The first kappa shape index (κ1) is 19.7. The van der Waals surface area contributed by atoms with Crippen LogP contribution in [0.5, 0.6) is 0 Å². The molecule has 0 unspecified atom stereocenters. The van der Waals surface area contributed by atoms with E-state index in [-0.39, 0.29) is 6.03 Å². The number of rotatable bonds is 5. The number of piperidine rings is 1. The summed E-state index contributed by atoms with van der Waals surface area (Å²) >= 11 is 6.10. The molecule has 4 nitrogen and oxygen atoms in total. The van der Waals surface area contributed by atoms with Crippen LogP contribution in [0.1, 0.15) is 29.5 Å². The number of halogens is 1. The van der Waals surface area contributed by atoms with Gasteiger partial charge in [-0.15, -0.1) is 0 Å². The molecule has 144 valence electrons. The average molecular weight is 386 g/mol. The molecule has 1 heterocycles. The number of benzene rings is 2. The summed E-state index contributed by atoms with van der Waals surface area (Å²) in [6.45, 7) is 7.90. The molecule has 1 aliphatic rings. The van der Waals surface area contributed by atoms with Crippen molar-refractivity contribution in [2.45, 2.75) is 33.2 Å². The van der Waals surface area contributed by atoms with Crippen molar-refractivity contribution < 1.29 is 4.79 Å². The Hall–Kier alpha value is -2.04. The van der Waals surface area contributed by atoms with Crippen LogP contribution in [0.3, 0.4) is 0 Å². The number of amides is 2. The SMILES string of the molecule is Cc1ccc(CN2CCC(CNC(=O)Nc3cccc(Cl)c3C)CC2)cc1. The lowest BCUT2D eigenvalue weighted by Crippen LogP contribution is -2.39.